The Hall–Kier alpha value is -3.37. The van der Waals surface area contributed by atoms with E-state index in [-0.39, 0.29) is 22.0 Å². The second-order valence-corrected chi connectivity index (χ2v) is 8.80. The van der Waals surface area contributed by atoms with Crippen LogP contribution < -0.4 is 9.88 Å². The number of methoxy groups -OCH3 is 1. The van der Waals surface area contributed by atoms with Crippen LogP contribution in [0.1, 0.15) is 44.8 Å². The maximum Gasteiger partial charge on any atom is 0.338 e. The van der Waals surface area contributed by atoms with Gasteiger partial charge < -0.3 is 18.5 Å². The summed E-state index contributed by atoms with van der Waals surface area (Å²) in [7, 11) is -2.85. The molecule has 0 aliphatic rings. The van der Waals surface area contributed by atoms with E-state index in [2.05, 4.69) is 0 Å². The molecule has 0 spiro atoms. The van der Waals surface area contributed by atoms with Gasteiger partial charge in [-0.1, -0.05) is 0 Å². The van der Waals surface area contributed by atoms with Gasteiger partial charge in [-0.3, -0.25) is 4.79 Å². The highest BCUT2D eigenvalue weighted by Gasteiger charge is 2.26. The fraction of sp³-hybridized carbons (Fsp3) is 0.273. The van der Waals surface area contributed by atoms with E-state index in [9.17, 15) is 18.0 Å². The first kappa shape index (κ1) is 23.3. The van der Waals surface area contributed by atoms with Gasteiger partial charge >= 0.3 is 5.97 Å². The lowest BCUT2D eigenvalue weighted by Gasteiger charge is -2.14. The number of primary sulfonamides is 1. The van der Waals surface area contributed by atoms with Crippen LogP contribution in [-0.4, -0.2) is 38.0 Å². The van der Waals surface area contributed by atoms with Crippen LogP contribution in [0.15, 0.2) is 52.0 Å². The van der Waals surface area contributed by atoms with Crippen LogP contribution in [0.2, 0.25) is 0 Å². The predicted octanol–water partition coefficient (Wildman–Crippen LogP) is 2.83. The Morgan fingerprint density at radius 3 is 2.50 bits per heavy atom. The Bertz CT molecular complexity index is 1260. The summed E-state index contributed by atoms with van der Waals surface area (Å²) in [4.78, 5) is 25.2. The SMILES string of the molecule is COc1ccc(C(=O)O[C@H](C)C(=O)c2cc(C)n(Cc3ccco3)c2C)cc1S(N)(=O)=O. The maximum atomic E-state index is 13.0. The van der Waals surface area contributed by atoms with Crippen LogP contribution in [0.5, 0.6) is 5.75 Å². The smallest absolute Gasteiger partial charge is 0.338 e. The molecule has 2 aromatic heterocycles. The van der Waals surface area contributed by atoms with Crippen LogP contribution >= 0.6 is 0 Å². The first-order valence-corrected chi connectivity index (χ1v) is 11.2. The molecule has 1 atom stereocenters. The number of rotatable bonds is 8. The van der Waals surface area contributed by atoms with E-state index in [0.29, 0.717) is 17.8 Å². The van der Waals surface area contributed by atoms with Gasteiger partial charge in [0.1, 0.15) is 16.4 Å². The monoisotopic (exact) mass is 460 g/mol. The van der Waals surface area contributed by atoms with Gasteiger partial charge in [0.2, 0.25) is 15.8 Å². The third-order valence-corrected chi connectivity index (χ3v) is 6.02. The van der Waals surface area contributed by atoms with Crippen molar-refractivity contribution in [3.63, 3.8) is 0 Å². The van der Waals surface area contributed by atoms with Crippen LogP contribution in [0.4, 0.5) is 0 Å². The molecule has 0 unspecified atom stereocenters. The molecular weight excluding hydrogens is 436 g/mol. The molecule has 0 saturated carbocycles. The number of hydrogen-bond acceptors (Lipinski definition) is 7. The highest BCUT2D eigenvalue weighted by molar-refractivity contribution is 7.89. The van der Waals surface area contributed by atoms with Crippen LogP contribution in [0.25, 0.3) is 0 Å². The number of nitrogens with two attached hydrogens (primary N) is 1. The van der Waals surface area contributed by atoms with E-state index >= 15 is 0 Å². The molecule has 1 aromatic carbocycles. The summed E-state index contributed by atoms with van der Waals surface area (Å²) in [5.74, 6) is -0.493. The quantitative estimate of drug-likeness (QED) is 0.404. The van der Waals surface area contributed by atoms with Gasteiger partial charge in [0.05, 0.1) is 25.5 Å². The van der Waals surface area contributed by atoms with Gasteiger partial charge in [0.15, 0.2) is 6.10 Å². The van der Waals surface area contributed by atoms with Gasteiger partial charge in [0, 0.05) is 17.0 Å². The summed E-state index contributed by atoms with van der Waals surface area (Å²) in [5, 5.41) is 5.19. The number of esters is 1. The number of carbonyl (C=O) groups excluding carboxylic acids is 2. The number of aryl methyl sites for hydroxylation is 1. The fourth-order valence-electron chi connectivity index (χ4n) is 3.38. The second kappa shape index (κ2) is 9.01. The predicted molar refractivity (Wildman–Crippen MR) is 115 cm³/mol. The van der Waals surface area contributed by atoms with Gasteiger partial charge in [-0.05, 0) is 57.2 Å². The Morgan fingerprint density at radius 2 is 1.91 bits per heavy atom. The van der Waals surface area contributed by atoms with Crippen molar-refractivity contribution in [3.8, 4) is 5.75 Å². The van der Waals surface area contributed by atoms with Crippen molar-refractivity contribution in [2.24, 2.45) is 5.14 Å². The Morgan fingerprint density at radius 1 is 1.19 bits per heavy atom. The van der Waals surface area contributed by atoms with E-state index in [1.807, 2.05) is 17.6 Å². The van der Waals surface area contributed by atoms with E-state index in [1.54, 1.807) is 25.3 Å². The molecule has 170 valence electrons. The number of Topliss-reactive ketones (excluding diaryl/α,β-unsaturated/α-hetero) is 1. The largest absolute Gasteiger partial charge is 0.495 e. The number of carbonyl (C=O) groups is 2. The average Bonchev–Trinajstić information content (AvgIpc) is 3.35. The molecule has 32 heavy (non-hydrogen) atoms. The lowest BCUT2D eigenvalue weighted by Crippen LogP contribution is -2.25. The fourth-order valence-corrected chi connectivity index (χ4v) is 4.10. The summed E-state index contributed by atoms with van der Waals surface area (Å²) in [5.41, 5.74) is 1.92. The van der Waals surface area contributed by atoms with E-state index < -0.39 is 22.1 Å². The molecule has 0 bridgehead atoms. The first-order valence-electron chi connectivity index (χ1n) is 9.68. The molecule has 2 heterocycles. The number of ketones is 1. The number of hydrogen-bond donors (Lipinski definition) is 1. The molecule has 0 saturated heterocycles. The summed E-state index contributed by atoms with van der Waals surface area (Å²) in [6.07, 6.45) is 0.484. The Labute approximate surface area is 185 Å². The second-order valence-electron chi connectivity index (χ2n) is 7.27. The average molecular weight is 461 g/mol. The van der Waals surface area contributed by atoms with Crippen molar-refractivity contribution in [3.05, 3.63) is 70.9 Å². The molecule has 9 nitrogen and oxygen atoms in total. The lowest BCUT2D eigenvalue weighted by atomic mass is 10.1. The lowest BCUT2D eigenvalue weighted by molar-refractivity contribution is 0.0318. The van der Waals surface area contributed by atoms with Crippen molar-refractivity contribution < 1.29 is 31.9 Å². The molecular formula is C22H24N2O7S. The van der Waals surface area contributed by atoms with Crippen molar-refractivity contribution in [2.45, 2.75) is 38.3 Å². The molecule has 0 aliphatic carbocycles. The molecule has 0 radical (unpaired) electrons. The third-order valence-electron chi connectivity index (χ3n) is 5.09. The zero-order valence-corrected chi connectivity index (χ0v) is 18.9. The molecule has 0 aliphatic heterocycles. The summed E-state index contributed by atoms with van der Waals surface area (Å²) in [6, 6.07) is 9.06. The van der Waals surface area contributed by atoms with Crippen LogP contribution in [0.3, 0.4) is 0 Å². The number of furan rings is 1. The highest BCUT2D eigenvalue weighted by Crippen LogP contribution is 2.25. The molecule has 2 N–H and O–H groups in total. The minimum Gasteiger partial charge on any atom is -0.495 e. The number of aromatic nitrogens is 1. The normalized spacial score (nSPS) is 12.4. The molecule has 0 amide bonds. The standard InChI is InChI=1S/C22H24N2O7S/c1-13-10-18(14(2)24(13)12-17-6-5-9-30-17)21(25)15(3)31-22(26)16-7-8-19(29-4)20(11-16)32(23,27)28/h5-11,15H,12H2,1-4H3,(H2,23,27,28)/t15-/m1/s1. The third kappa shape index (κ3) is 4.76. The summed E-state index contributed by atoms with van der Waals surface area (Å²) < 4.78 is 41.1. The van der Waals surface area contributed by atoms with E-state index in [0.717, 1.165) is 17.5 Å². The van der Waals surface area contributed by atoms with E-state index in [1.165, 1.54) is 26.2 Å². The zero-order chi connectivity index (χ0) is 23.6. The minimum atomic E-state index is -4.13. The molecule has 3 rings (SSSR count). The minimum absolute atomic E-state index is 0.00262. The van der Waals surface area contributed by atoms with Crippen molar-refractivity contribution in [1.82, 2.24) is 4.57 Å². The maximum absolute atomic E-state index is 13.0. The van der Waals surface area contributed by atoms with Gasteiger partial charge in [-0.15, -0.1) is 0 Å². The van der Waals surface area contributed by atoms with Crippen molar-refractivity contribution in [1.29, 1.82) is 0 Å². The molecule has 10 heteroatoms. The highest BCUT2D eigenvalue weighted by atomic mass is 32.2. The number of ether oxygens (including phenoxy) is 2. The number of sulfonamides is 1. The van der Waals surface area contributed by atoms with Gasteiger partial charge in [-0.2, -0.15) is 0 Å². The van der Waals surface area contributed by atoms with E-state index in [4.69, 9.17) is 19.0 Å². The van der Waals surface area contributed by atoms with Crippen LogP contribution in [-0.2, 0) is 21.3 Å². The Kier molecular flexibility index (Phi) is 6.56. The first-order chi connectivity index (χ1) is 15.0. The van der Waals surface area contributed by atoms with Gasteiger partial charge in [-0.25, -0.2) is 18.4 Å². The van der Waals surface area contributed by atoms with Crippen molar-refractivity contribution in [2.75, 3.05) is 7.11 Å². The Balaban J connectivity index is 1.80. The summed E-state index contributed by atoms with van der Waals surface area (Å²) in [6.45, 7) is 5.60. The molecule has 0 fully saturated rings. The zero-order valence-electron chi connectivity index (χ0n) is 18.1. The van der Waals surface area contributed by atoms with Crippen LogP contribution in [0, 0.1) is 13.8 Å². The van der Waals surface area contributed by atoms with Gasteiger partial charge in [0.25, 0.3) is 0 Å². The van der Waals surface area contributed by atoms with Crippen molar-refractivity contribution >= 4 is 21.8 Å². The number of benzene rings is 1. The molecule has 3 aromatic rings. The summed E-state index contributed by atoms with van der Waals surface area (Å²) >= 11 is 0. The topological polar surface area (TPSA) is 131 Å². The number of nitrogens with zero attached hydrogens (tertiary/aromatic N) is 1.